The van der Waals surface area contributed by atoms with E-state index in [4.69, 9.17) is 10.5 Å². The van der Waals surface area contributed by atoms with Crippen LogP contribution in [0.2, 0.25) is 0 Å². The lowest BCUT2D eigenvalue weighted by Gasteiger charge is -2.18. The van der Waals surface area contributed by atoms with Gasteiger partial charge in [0.05, 0.1) is 6.10 Å². The van der Waals surface area contributed by atoms with Crippen molar-refractivity contribution in [1.29, 1.82) is 0 Å². The molecule has 0 aliphatic heterocycles. The number of rotatable bonds is 5. The van der Waals surface area contributed by atoms with Crippen LogP contribution < -0.4 is 10.5 Å². The second kappa shape index (κ2) is 6.38. The fourth-order valence-electron chi connectivity index (χ4n) is 1.37. The summed E-state index contributed by atoms with van der Waals surface area (Å²) in [5.41, 5.74) is 6.83. The van der Waals surface area contributed by atoms with Gasteiger partial charge in [0, 0.05) is 16.1 Å². The number of halogens is 1. The zero-order valence-electron chi connectivity index (χ0n) is 10.5. The number of hydrogen-bond acceptors (Lipinski definition) is 3. The molecule has 1 aromatic rings. The van der Waals surface area contributed by atoms with Gasteiger partial charge in [-0.05, 0) is 31.0 Å². The zero-order valence-corrected chi connectivity index (χ0v) is 12.1. The molecule has 3 N–H and O–H groups in total. The molecule has 0 saturated carbocycles. The summed E-state index contributed by atoms with van der Waals surface area (Å²) in [6, 6.07) is 5.62. The standard InChI is InChI=1S/C13H20BrNO2/c1-8(2)12(16)7-17-13-5-4-10(14)6-11(13)9(3)15/h4-6,8-9,12,16H,7,15H2,1-3H3/t9-,12?/m1/s1. The lowest BCUT2D eigenvalue weighted by atomic mass is 10.1. The van der Waals surface area contributed by atoms with Gasteiger partial charge in [0.15, 0.2) is 0 Å². The maximum atomic E-state index is 9.71. The fourth-order valence-corrected chi connectivity index (χ4v) is 1.75. The molecule has 3 nitrogen and oxygen atoms in total. The molecule has 4 heteroatoms. The minimum Gasteiger partial charge on any atom is -0.491 e. The summed E-state index contributed by atoms with van der Waals surface area (Å²) in [4.78, 5) is 0. The molecule has 0 saturated heterocycles. The van der Waals surface area contributed by atoms with E-state index in [2.05, 4.69) is 15.9 Å². The van der Waals surface area contributed by atoms with Crippen molar-refractivity contribution in [2.45, 2.75) is 32.9 Å². The molecule has 0 aromatic heterocycles. The number of nitrogens with two attached hydrogens (primary N) is 1. The first-order chi connectivity index (χ1) is 7.91. The number of aliphatic hydroxyl groups excluding tert-OH is 1. The summed E-state index contributed by atoms with van der Waals surface area (Å²) in [6.07, 6.45) is -0.459. The van der Waals surface area contributed by atoms with Gasteiger partial charge in [0.2, 0.25) is 0 Å². The Morgan fingerprint density at radius 1 is 1.35 bits per heavy atom. The van der Waals surface area contributed by atoms with Gasteiger partial charge in [-0.15, -0.1) is 0 Å². The third-order valence-electron chi connectivity index (χ3n) is 2.64. The normalized spacial score (nSPS) is 14.8. The van der Waals surface area contributed by atoms with Crippen molar-refractivity contribution in [2.75, 3.05) is 6.61 Å². The molecule has 0 aliphatic carbocycles. The van der Waals surface area contributed by atoms with Crippen LogP contribution in [-0.4, -0.2) is 17.8 Å². The predicted molar refractivity (Wildman–Crippen MR) is 73.1 cm³/mol. The van der Waals surface area contributed by atoms with Crippen molar-refractivity contribution in [3.8, 4) is 5.75 Å². The van der Waals surface area contributed by atoms with Crippen LogP contribution in [-0.2, 0) is 0 Å². The van der Waals surface area contributed by atoms with Crippen molar-refractivity contribution in [2.24, 2.45) is 11.7 Å². The van der Waals surface area contributed by atoms with Crippen molar-refractivity contribution in [3.63, 3.8) is 0 Å². The third-order valence-corrected chi connectivity index (χ3v) is 3.13. The van der Waals surface area contributed by atoms with Crippen LogP contribution in [0.3, 0.4) is 0 Å². The van der Waals surface area contributed by atoms with E-state index < -0.39 is 6.10 Å². The van der Waals surface area contributed by atoms with Gasteiger partial charge in [0.1, 0.15) is 12.4 Å². The number of ether oxygens (including phenoxy) is 1. The zero-order chi connectivity index (χ0) is 13.0. The Kier molecular flexibility index (Phi) is 5.43. The molecule has 17 heavy (non-hydrogen) atoms. The monoisotopic (exact) mass is 301 g/mol. The smallest absolute Gasteiger partial charge is 0.124 e. The summed E-state index contributed by atoms with van der Waals surface area (Å²) in [6.45, 7) is 6.12. The molecule has 0 fully saturated rings. The van der Waals surface area contributed by atoms with Gasteiger partial charge >= 0.3 is 0 Å². The maximum absolute atomic E-state index is 9.71. The first-order valence-corrected chi connectivity index (χ1v) is 6.57. The summed E-state index contributed by atoms with van der Waals surface area (Å²) in [5, 5.41) is 9.71. The van der Waals surface area contributed by atoms with Crippen LogP contribution in [0.15, 0.2) is 22.7 Å². The van der Waals surface area contributed by atoms with Crippen LogP contribution in [0.5, 0.6) is 5.75 Å². The fraction of sp³-hybridized carbons (Fsp3) is 0.538. The summed E-state index contributed by atoms with van der Waals surface area (Å²) in [5.74, 6) is 0.923. The summed E-state index contributed by atoms with van der Waals surface area (Å²) in [7, 11) is 0. The number of hydrogen-bond donors (Lipinski definition) is 2. The lowest BCUT2D eigenvalue weighted by Crippen LogP contribution is -2.24. The molecule has 0 radical (unpaired) electrons. The Balaban J connectivity index is 2.77. The first-order valence-electron chi connectivity index (χ1n) is 5.77. The van der Waals surface area contributed by atoms with Crippen LogP contribution in [0, 0.1) is 5.92 Å². The molecule has 2 atom stereocenters. The van der Waals surface area contributed by atoms with Gasteiger partial charge < -0.3 is 15.6 Å². The van der Waals surface area contributed by atoms with E-state index in [9.17, 15) is 5.11 Å². The Morgan fingerprint density at radius 3 is 2.53 bits per heavy atom. The van der Waals surface area contributed by atoms with E-state index in [0.29, 0.717) is 6.61 Å². The highest BCUT2D eigenvalue weighted by Crippen LogP contribution is 2.27. The quantitative estimate of drug-likeness (QED) is 0.879. The van der Waals surface area contributed by atoms with E-state index in [1.165, 1.54) is 0 Å². The molecular weight excluding hydrogens is 282 g/mol. The minimum atomic E-state index is -0.459. The Morgan fingerprint density at radius 2 is 2.00 bits per heavy atom. The van der Waals surface area contributed by atoms with Crippen LogP contribution in [0.1, 0.15) is 32.4 Å². The highest BCUT2D eigenvalue weighted by Gasteiger charge is 2.13. The SMILES string of the molecule is CC(C)C(O)COc1ccc(Br)cc1[C@@H](C)N. The maximum Gasteiger partial charge on any atom is 0.124 e. The molecule has 96 valence electrons. The van der Waals surface area contributed by atoms with Gasteiger partial charge in [0.25, 0.3) is 0 Å². The molecule has 1 unspecified atom stereocenters. The summed E-state index contributed by atoms with van der Waals surface area (Å²) >= 11 is 3.41. The molecule has 0 bridgehead atoms. The first kappa shape index (κ1) is 14.5. The minimum absolute atomic E-state index is 0.0984. The lowest BCUT2D eigenvalue weighted by molar-refractivity contribution is 0.0696. The molecule has 1 aromatic carbocycles. The van der Waals surface area contributed by atoms with Gasteiger partial charge in [-0.25, -0.2) is 0 Å². The van der Waals surface area contributed by atoms with E-state index in [1.54, 1.807) is 0 Å². The van der Waals surface area contributed by atoms with Crippen LogP contribution in [0.4, 0.5) is 0 Å². The van der Waals surface area contributed by atoms with Crippen molar-refractivity contribution in [1.82, 2.24) is 0 Å². The average molecular weight is 302 g/mol. The Bertz CT molecular complexity index is 366. The topological polar surface area (TPSA) is 55.5 Å². The largest absolute Gasteiger partial charge is 0.491 e. The molecule has 0 aliphatic rings. The van der Waals surface area contributed by atoms with Crippen LogP contribution >= 0.6 is 15.9 Å². The second-order valence-electron chi connectivity index (χ2n) is 4.59. The Labute approximate surface area is 111 Å². The highest BCUT2D eigenvalue weighted by atomic mass is 79.9. The van der Waals surface area contributed by atoms with E-state index in [1.807, 2.05) is 39.0 Å². The van der Waals surface area contributed by atoms with Crippen LogP contribution in [0.25, 0.3) is 0 Å². The van der Waals surface area contributed by atoms with E-state index in [0.717, 1.165) is 15.8 Å². The molecular formula is C13H20BrNO2. The third kappa shape index (κ3) is 4.30. The van der Waals surface area contributed by atoms with Crippen molar-refractivity contribution >= 4 is 15.9 Å². The molecule has 0 heterocycles. The predicted octanol–water partition coefficient (Wildman–Crippen LogP) is 2.86. The van der Waals surface area contributed by atoms with Gasteiger partial charge in [-0.3, -0.25) is 0 Å². The van der Waals surface area contributed by atoms with Crippen molar-refractivity contribution in [3.05, 3.63) is 28.2 Å². The molecule has 1 rings (SSSR count). The second-order valence-corrected chi connectivity index (χ2v) is 5.51. The highest BCUT2D eigenvalue weighted by molar-refractivity contribution is 9.10. The van der Waals surface area contributed by atoms with Gasteiger partial charge in [-0.2, -0.15) is 0 Å². The van der Waals surface area contributed by atoms with Gasteiger partial charge in [-0.1, -0.05) is 29.8 Å². The molecule has 0 amide bonds. The number of benzene rings is 1. The van der Waals surface area contributed by atoms with Crippen molar-refractivity contribution < 1.29 is 9.84 Å². The summed E-state index contributed by atoms with van der Waals surface area (Å²) < 4.78 is 6.60. The molecule has 0 spiro atoms. The van der Waals surface area contributed by atoms with E-state index in [-0.39, 0.29) is 12.0 Å². The average Bonchev–Trinajstić information content (AvgIpc) is 2.26. The number of aliphatic hydroxyl groups is 1. The Hall–Kier alpha value is -0.580. The van der Waals surface area contributed by atoms with E-state index >= 15 is 0 Å².